The first kappa shape index (κ1) is 13.3. The van der Waals surface area contributed by atoms with E-state index in [1.165, 1.54) is 27.6 Å². The maximum absolute atomic E-state index is 5.41. The van der Waals surface area contributed by atoms with E-state index in [-0.39, 0.29) is 0 Å². The first-order valence-electron chi connectivity index (χ1n) is 7.68. The van der Waals surface area contributed by atoms with Crippen molar-refractivity contribution in [1.82, 2.24) is 4.98 Å². The SMILES string of the molecule is c1ccc2c(-c3ccc(N4CCOCC4)cc3)cncc2c1. The Labute approximate surface area is 130 Å². The zero-order valence-electron chi connectivity index (χ0n) is 12.4. The number of hydrogen-bond acceptors (Lipinski definition) is 3. The molecule has 0 N–H and O–H groups in total. The Balaban J connectivity index is 1.70. The number of nitrogens with zero attached hydrogens (tertiary/aromatic N) is 2. The zero-order chi connectivity index (χ0) is 14.8. The molecule has 1 aliphatic rings. The Hall–Kier alpha value is -2.39. The maximum atomic E-state index is 5.41. The van der Waals surface area contributed by atoms with Gasteiger partial charge in [0.05, 0.1) is 13.2 Å². The van der Waals surface area contributed by atoms with Crippen LogP contribution in [0, 0.1) is 0 Å². The van der Waals surface area contributed by atoms with Crippen molar-refractivity contribution in [2.45, 2.75) is 0 Å². The van der Waals surface area contributed by atoms with Crippen molar-refractivity contribution in [3.05, 3.63) is 60.9 Å². The Morgan fingerprint density at radius 2 is 1.64 bits per heavy atom. The summed E-state index contributed by atoms with van der Waals surface area (Å²) >= 11 is 0. The minimum Gasteiger partial charge on any atom is -0.378 e. The lowest BCUT2D eigenvalue weighted by atomic mass is 10.0. The van der Waals surface area contributed by atoms with Gasteiger partial charge in [-0.05, 0) is 23.1 Å². The summed E-state index contributed by atoms with van der Waals surface area (Å²) in [5.74, 6) is 0. The van der Waals surface area contributed by atoms with Gasteiger partial charge in [-0.1, -0.05) is 36.4 Å². The molecule has 0 amide bonds. The van der Waals surface area contributed by atoms with E-state index in [1.807, 2.05) is 12.4 Å². The lowest BCUT2D eigenvalue weighted by Crippen LogP contribution is -2.36. The fraction of sp³-hybridized carbons (Fsp3) is 0.211. The lowest BCUT2D eigenvalue weighted by molar-refractivity contribution is 0.122. The molecule has 0 spiro atoms. The highest BCUT2D eigenvalue weighted by atomic mass is 16.5. The first-order valence-corrected chi connectivity index (χ1v) is 7.68. The van der Waals surface area contributed by atoms with Crippen LogP contribution in [-0.2, 0) is 4.74 Å². The number of hydrogen-bond donors (Lipinski definition) is 0. The molecule has 0 bridgehead atoms. The van der Waals surface area contributed by atoms with Gasteiger partial charge < -0.3 is 9.64 Å². The fourth-order valence-electron chi connectivity index (χ4n) is 3.02. The van der Waals surface area contributed by atoms with Crippen LogP contribution in [0.3, 0.4) is 0 Å². The van der Waals surface area contributed by atoms with Gasteiger partial charge in [0.2, 0.25) is 0 Å². The van der Waals surface area contributed by atoms with Crippen molar-refractivity contribution in [3.63, 3.8) is 0 Å². The molecule has 1 saturated heterocycles. The summed E-state index contributed by atoms with van der Waals surface area (Å²) in [7, 11) is 0. The highest BCUT2D eigenvalue weighted by Crippen LogP contribution is 2.29. The highest BCUT2D eigenvalue weighted by molar-refractivity contribution is 5.95. The van der Waals surface area contributed by atoms with Crippen LogP contribution in [-0.4, -0.2) is 31.3 Å². The van der Waals surface area contributed by atoms with Gasteiger partial charge in [-0.25, -0.2) is 0 Å². The minimum absolute atomic E-state index is 0.814. The Morgan fingerprint density at radius 1 is 0.864 bits per heavy atom. The van der Waals surface area contributed by atoms with Crippen molar-refractivity contribution >= 4 is 16.5 Å². The van der Waals surface area contributed by atoms with Crippen molar-refractivity contribution in [2.24, 2.45) is 0 Å². The van der Waals surface area contributed by atoms with Crippen molar-refractivity contribution < 1.29 is 4.74 Å². The quantitative estimate of drug-likeness (QED) is 0.719. The minimum atomic E-state index is 0.814. The number of benzene rings is 2. The van der Waals surface area contributed by atoms with E-state index < -0.39 is 0 Å². The van der Waals surface area contributed by atoms with Gasteiger partial charge in [-0.2, -0.15) is 0 Å². The van der Waals surface area contributed by atoms with E-state index in [0.29, 0.717) is 0 Å². The zero-order valence-corrected chi connectivity index (χ0v) is 12.4. The largest absolute Gasteiger partial charge is 0.378 e. The van der Waals surface area contributed by atoms with E-state index in [9.17, 15) is 0 Å². The molecule has 1 aliphatic heterocycles. The average Bonchev–Trinajstić information content (AvgIpc) is 2.62. The van der Waals surface area contributed by atoms with Gasteiger partial charge in [0.15, 0.2) is 0 Å². The molecule has 1 aromatic heterocycles. The number of pyridine rings is 1. The number of anilines is 1. The van der Waals surface area contributed by atoms with E-state index >= 15 is 0 Å². The first-order chi connectivity index (χ1) is 10.9. The molecule has 2 aromatic carbocycles. The number of aromatic nitrogens is 1. The van der Waals surface area contributed by atoms with Crippen LogP contribution in [0.5, 0.6) is 0 Å². The monoisotopic (exact) mass is 290 g/mol. The van der Waals surface area contributed by atoms with E-state index in [2.05, 4.69) is 58.4 Å². The second kappa shape index (κ2) is 5.78. The summed E-state index contributed by atoms with van der Waals surface area (Å²) in [6, 6.07) is 17.2. The highest BCUT2D eigenvalue weighted by Gasteiger charge is 2.11. The van der Waals surface area contributed by atoms with Crippen LogP contribution in [0.1, 0.15) is 0 Å². The molecule has 0 aliphatic carbocycles. The fourth-order valence-corrected chi connectivity index (χ4v) is 3.02. The molecule has 2 heterocycles. The van der Waals surface area contributed by atoms with E-state index in [1.54, 1.807) is 0 Å². The normalized spacial score (nSPS) is 15.2. The molecule has 0 unspecified atom stereocenters. The van der Waals surface area contributed by atoms with Crippen molar-refractivity contribution in [1.29, 1.82) is 0 Å². The molecular weight excluding hydrogens is 272 g/mol. The van der Waals surface area contributed by atoms with Gasteiger partial charge >= 0.3 is 0 Å². The third kappa shape index (κ3) is 2.44. The van der Waals surface area contributed by atoms with Crippen LogP contribution in [0.2, 0.25) is 0 Å². The molecule has 4 rings (SSSR count). The summed E-state index contributed by atoms with van der Waals surface area (Å²) in [5.41, 5.74) is 3.66. The third-order valence-corrected chi connectivity index (χ3v) is 4.22. The Morgan fingerprint density at radius 3 is 2.45 bits per heavy atom. The number of morpholine rings is 1. The summed E-state index contributed by atoms with van der Waals surface area (Å²) in [6.07, 6.45) is 3.87. The van der Waals surface area contributed by atoms with Gasteiger partial charge in [0.1, 0.15) is 0 Å². The molecule has 0 atom stereocenters. The molecule has 3 nitrogen and oxygen atoms in total. The number of fused-ring (bicyclic) bond motifs is 1. The van der Waals surface area contributed by atoms with Crippen LogP contribution in [0.25, 0.3) is 21.9 Å². The van der Waals surface area contributed by atoms with Crippen LogP contribution < -0.4 is 4.90 Å². The Bertz CT molecular complexity index is 772. The molecule has 0 saturated carbocycles. The second-order valence-electron chi connectivity index (χ2n) is 5.55. The van der Waals surface area contributed by atoms with Crippen molar-refractivity contribution in [3.8, 4) is 11.1 Å². The predicted octanol–water partition coefficient (Wildman–Crippen LogP) is 3.74. The summed E-state index contributed by atoms with van der Waals surface area (Å²) in [4.78, 5) is 6.74. The van der Waals surface area contributed by atoms with Gasteiger partial charge in [0.25, 0.3) is 0 Å². The molecule has 3 heteroatoms. The van der Waals surface area contributed by atoms with Crippen LogP contribution >= 0.6 is 0 Å². The maximum Gasteiger partial charge on any atom is 0.0642 e. The van der Waals surface area contributed by atoms with Gasteiger partial charge in [0, 0.05) is 42.1 Å². The molecule has 0 radical (unpaired) electrons. The molecule has 1 fully saturated rings. The topological polar surface area (TPSA) is 25.4 Å². The lowest BCUT2D eigenvalue weighted by Gasteiger charge is -2.28. The van der Waals surface area contributed by atoms with E-state index in [4.69, 9.17) is 4.74 Å². The standard InChI is InChI=1S/C19H18N2O/c1-2-4-18-16(3-1)13-20-14-19(18)15-5-7-17(8-6-15)21-9-11-22-12-10-21/h1-8,13-14H,9-12H2. The average molecular weight is 290 g/mol. The third-order valence-electron chi connectivity index (χ3n) is 4.22. The summed E-state index contributed by atoms with van der Waals surface area (Å²) < 4.78 is 5.41. The number of ether oxygens (including phenoxy) is 1. The van der Waals surface area contributed by atoms with E-state index in [0.717, 1.165) is 26.3 Å². The molecule has 22 heavy (non-hydrogen) atoms. The second-order valence-corrected chi connectivity index (χ2v) is 5.55. The van der Waals surface area contributed by atoms with Crippen molar-refractivity contribution in [2.75, 3.05) is 31.2 Å². The van der Waals surface area contributed by atoms with Gasteiger partial charge in [-0.15, -0.1) is 0 Å². The molecule has 110 valence electrons. The predicted molar refractivity (Wildman–Crippen MR) is 90.2 cm³/mol. The van der Waals surface area contributed by atoms with Gasteiger partial charge in [-0.3, -0.25) is 4.98 Å². The Kier molecular flexibility index (Phi) is 3.49. The van der Waals surface area contributed by atoms with Crippen LogP contribution in [0.15, 0.2) is 60.9 Å². The molecular formula is C19H18N2O. The summed E-state index contributed by atoms with van der Waals surface area (Å²) in [6.45, 7) is 3.56. The number of rotatable bonds is 2. The smallest absolute Gasteiger partial charge is 0.0642 e. The summed E-state index contributed by atoms with van der Waals surface area (Å²) in [5, 5.41) is 2.42. The van der Waals surface area contributed by atoms with Crippen LogP contribution in [0.4, 0.5) is 5.69 Å². The molecule has 3 aromatic rings.